The second-order valence-corrected chi connectivity index (χ2v) is 4.64. The monoisotopic (exact) mass is 296 g/mol. The summed E-state index contributed by atoms with van der Waals surface area (Å²) in [6.07, 6.45) is 0. The van der Waals surface area contributed by atoms with Gasteiger partial charge in [0.25, 0.3) is 9.03 Å². The fourth-order valence-corrected chi connectivity index (χ4v) is 1.99. The maximum Gasteiger partial charge on any atom is 0.275 e. The van der Waals surface area contributed by atoms with E-state index in [9.17, 15) is 0 Å². The third kappa shape index (κ3) is 6.60. The molecule has 3 heteroatoms. The van der Waals surface area contributed by atoms with Crippen LogP contribution in [0.15, 0.2) is 97.1 Å². The van der Waals surface area contributed by atoms with Crippen molar-refractivity contribution in [1.82, 2.24) is 0 Å². The molecule has 0 atom stereocenters. The molecule has 21 heavy (non-hydrogen) atoms. The first-order valence-corrected chi connectivity index (χ1v) is 7.45. The van der Waals surface area contributed by atoms with Crippen LogP contribution in [0.3, 0.4) is 0 Å². The van der Waals surface area contributed by atoms with Crippen LogP contribution in [-0.2, 0) is 0 Å². The van der Waals surface area contributed by atoms with Crippen molar-refractivity contribution in [3.63, 3.8) is 0 Å². The van der Waals surface area contributed by atoms with Crippen molar-refractivity contribution in [1.29, 1.82) is 0 Å². The van der Waals surface area contributed by atoms with Crippen LogP contribution < -0.4 is 9.05 Å². The van der Waals surface area contributed by atoms with Crippen molar-refractivity contribution in [3.8, 4) is 11.5 Å². The average Bonchev–Trinajstić information content (AvgIpc) is 2.59. The molecule has 0 amide bonds. The van der Waals surface area contributed by atoms with Crippen molar-refractivity contribution in [2.75, 3.05) is 0 Å². The van der Waals surface area contributed by atoms with Crippen molar-refractivity contribution in [2.45, 2.75) is 0 Å². The van der Waals surface area contributed by atoms with Crippen molar-refractivity contribution in [2.24, 2.45) is 0 Å². The Labute approximate surface area is 127 Å². The van der Waals surface area contributed by atoms with Crippen LogP contribution in [0.4, 0.5) is 0 Å². The predicted molar refractivity (Wildman–Crippen MR) is 88.9 cm³/mol. The highest BCUT2D eigenvalue weighted by Gasteiger charge is 1.93. The van der Waals surface area contributed by atoms with E-state index in [4.69, 9.17) is 9.05 Å². The summed E-state index contributed by atoms with van der Waals surface area (Å²) in [5, 5.41) is 0. The Balaban J connectivity index is 0.000000225. The van der Waals surface area contributed by atoms with Gasteiger partial charge in [0.2, 0.25) is 0 Å². The molecule has 0 saturated heterocycles. The van der Waals surface area contributed by atoms with Crippen molar-refractivity contribution in [3.05, 3.63) is 97.1 Å². The van der Waals surface area contributed by atoms with E-state index in [-0.39, 0.29) is 9.03 Å². The van der Waals surface area contributed by atoms with Gasteiger partial charge < -0.3 is 9.05 Å². The fraction of sp³-hybridized carbons (Fsp3) is 0. The van der Waals surface area contributed by atoms with Crippen LogP contribution in [0.25, 0.3) is 0 Å². The summed E-state index contributed by atoms with van der Waals surface area (Å²) in [7, 11) is -0.0129. The van der Waals surface area contributed by atoms with E-state index in [1.54, 1.807) is 0 Å². The van der Waals surface area contributed by atoms with E-state index in [0.717, 1.165) is 11.5 Å². The molecule has 106 valence electrons. The lowest BCUT2D eigenvalue weighted by molar-refractivity contribution is 0.516. The Morgan fingerprint density at radius 2 is 0.714 bits per heavy atom. The third-order valence-corrected chi connectivity index (χ3v) is 3.11. The number of benzene rings is 3. The summed E-state index contributed by atoms with van der Waals surface area (Å²) in [5.41, 5.74) is 0. The first-order valence-electron chi connectivity index (χ1n) is 6.64. The fourth-order valence-electron chi connectivity index (χ4n) is 1.48. The second-order valence-electron chi connectivity index (χ2n) is 4.07. The van der Waals surface area contributed by atoms with E-state index in [0.29, 0.717) is 0 Å². The van der Waals surface area contributed by atoms with E-state index >= 15 is 0 Å². The first kappa shape index (κ1) is 15.1. The standard InChI is InChI=1S/C12H11O2P.C6H6/c1-3-7-11(8-4-1)13-15-14-12-9-5-2-6-10-12;1-2-4-6-5-3-1/h1-10,15H;1-6H. The Morgan fingerprint density at radius 1 is 0.429 bits per heavy atom. The van der Waals surface area contributed by atoms with Gasteiger partial charge in [-0.25, -0.2) is 0 Å². The zero-order valence-electron chi connectivity index (χ0n) is 11.6. The third-order valence-electron chi connectivity index (χ3n) is 2.47. The van der Waals surface area contributed by atoms with Crippen LogP contribution >= 0.6 is 9.03 Å². The number of hydrogen-bond acceptors (Lipinski definition) is 2. The predicted octanol–water partition coefficient (Wildman–Crippen LogP) is 5.34. The molecule has 2 nitrogen and oxygen atoms in total. The van der Waals surface area contributed by atoms with Crippen molar-refractivity contribution >= 4 is 9.03 Å². The number of hydrogen-bond donors (Lipinski definition) is 0. The molecule has 0 unspecified atom stereocenters. The van der Waals surface area contributed by atoms with Gasteiger partial charge in [-0.15, -0.1) is 0 Å². The molecule has 3 aromatic rings. The highest BCUT2D eigenvalue weighted by molar-refractivity contribution is 7.27. The molecule has 0 aliphatic carbocycles. The molecule has 3 rings (SSSR count). The molecule has 0 aliphatic rings. The van der Waals surface area contributed by atoms with E-state index in [2.05, 4.69) is 0 Å². The number of rotatable bonds is 4. The van der Waals surface area contributed by atoms with Gasteiger partial charge in [-0.3, -0.25) is 0 Å². The molecule has 0 aliphatic heterocycles. The SMILES string of the molecule is c1ccc(OPOc2ccccc2)cc1.c1ccccc1. The van der Waals surface area contributed by atoms with Crippen LogP contribution in [0, 0.1) is 0 Å². The Kier molecular flexibility index (Phi) is 6.88. The summed E-state index contributed by atoms with van der Waals surface area (Å²) in [6.45, 7) is 0. The smallest absolute Gasteiger partial charge is 0.275 e. The molecule has 0 radical (unpaired) electrons. The molecule has 3 aromatic carbocycles. The minimum atomic E-state index is -0.0129. The second kappa shape index (κ2) is 9.57. The van der Waals surface area contributed by atoms with Gasteiger partial charge in [-0.05, 0) is 24.3 Å². The lowest BCUT2D eigenvalue weighted by Crippen LogP contribution is -1.83. The zero-order valence-corrected chi connectivity index (χ0v) is 12.6. The molecular weight excluding hydrogens is 279 g/mol. The van der Waals surface area contributed by atoms with Crippen LogP contribution in [-0.4, -0.2) is 0 Å². The van der Waals surface area contributed by atoms with E-state index < -0.39 is 0 Å². The van der Waals surface area contributed by atoms with Gasteiger partial charge >= 0.3 is 0 Å². The van der Waals surface area contributed by atoms with Crippen molar-refractivity contribution < 1.29 is 9.05 Å². The maximum absolute atomic E-state index is 5.42. The molecule has 0 heterocycles. The molecular formula is C18H17O2P. The van der Waals surface area contributed by atoms with Crippen LogP contribution in [0.1, 0.15) is 0 Å². The zero-order chi connectivity index (χ0) is 14.6. The van der Waals surface area contributed by atoms with Gasteiger partial charge in [0.15, 0.2) is 0 Å². The number of para-hydroxylation sites is 2. The summed E-state index contributed by atoms with van der Waals surface area (Å²) in [4.78, 5) is 0. The molecule has 0 N–H and O–H groups in total. The summed E-state index contributed by atoms with van der Waals surface area (Å²) >= 11 is 0. The summed E-state index contributed by atoms with van der Waals surface area (Å²) < 4.78 is 10.8. The van der Waals surface area contributed by atoms with Crippen LogP contribution in [0.2, 0.25) is 0 Å². The van der Waals surface area contributed by atoms with E-state index in [1.807, 2.05) is 97.1 Å². The highest BCUT2D eigenvalue weighted by atomic mass is 31.1. The largest absolute Gasteiger partial charge is 0.441 e. The van der Waals surface area contributed by atoms with E-state index in [1.165, 1.54) is 0 Å². The summed E-state index contributed by atoms with van der Waals surface area (Å²) in [5.74, 6) is 1.65. The normalized spacial score (nSPS) is 9.14. The molecule has 0 aromatic heterocycles. The van der Waals surface area contributed by atoms with Gasteiger partial charge in [0.1, 0.15) is 11.5 Å². The van der Waals surface area contributed by atoms with Gasteiger partial charge in [-0.2, -0.15) is 0 Å². The Bertz CT molecular complexity index is 519. The average molecular weight is 296 g/mol. The molecule has 0 fully saturated rings. The maximum atomic E-state index is 5.42. The topological polar surface area (TPSA) is 18.5 Å². The molecule has 0 saturated carbocycles. The van der Waals surface area contributed by atoms with Gasteiger partial charge in [0.05, 0.1) is 0 Å². The quantitative estimate of drug-likeness (QED) is 0.605. The lowest BCUT2D eigenvalue weighted by Gasteiger charge is -2.06. The first-order chi connectivity index (χ1) is 10.4. The molecule has 0 bridgehead atoms. The minimum absolute atomic E-state index is 0.0129. The Hall–Kier alpha value is -2.31. The highest BCUT2D eigenvalue weighted by Crippen LogP contribution is 2.23. The summed E-state index contributed by atoms with van der Waals surface area (Å²) in [6, 6.07) is 31.3. The van der Waals surface area contributed by atoms with Crippen LogP contribution in [0.5, 0.6) is 11.5 Å². The molecule has 0 spiro atoms. The van der Waals surface area contributed by atoms with Gasteiger partial charge in [-0.1, -0.05) is 72.8 Å². The minimum Gasteiger partial charge on any atom is -0.441 e. The van der Waals surface area contributed by atoms with Gasteiger partial charge in [0, 0.05) is 0 Å². The Morgan fingerprint density at radius 3 is 1.05 bits per heavy atom. The lowest BCUT2D eigenvalue weighted by atomic mass is 10.3.